The highest BCUT2D eigenvalue weighted by molar-refractivity contribution is 5.81. The van der Waals surface area contributed by atoms with Crippen LogP contribution in [0.15, 0.2) is 60.7 Å². The number of nitrogens with zero attached hydrogens (tertiary/aromatic N) is 1. The normalized spacial score (nSPS) is 12.8. The molecule has 0 aliphatic carbocycles. The minimum Gasteiger partial charge on any atom is -0.464 e. The fourth-order valence-electron chi connectivity index (χ4n) is 2.55. The first kappa shape index (κ1) is 17.7. The summed E-state index contributed by atoms with van der Waals surface area (Å²) >= 11 is 0. The van der Waals surface area contributed by atoms with E-state index in [9.17, 15) is 4.79 Å². The van der Waals surface area contributed by atoms with Crippen LogP contribution >= 0.6 is 0 Å². The predicted octanol–water partition coefficient (Wildman–Crippen LogP) is 3.97. The molecule has 0 fully saturated rings. The molecule has 0 aromatic heterocycles. The summed E-state index contributed by atoms with van der Waals surface area (Å²) in [4.78, 5) is 12.7. The lowest BCUT2D eigenvalue weighted by Gasteiger charge is -2.31. The zero-order valence-corrected chi connectivity index (χ0v) is 13.8. The summed E-state index contributed by atoms with van der Waals surface area (Å²) in [6, 6.07) is 21.0. The molecule has 1 atom stereocenters. The lowest BCUT2D eigenvalue weighted by molar-refractivity contribution is -0.177. The van der Waals surface area contributed by atoms with Gasteiger partial charge in [-0.15, -0.1) is 0 Å². The standard InChI is InChI=1S/C20H21NO3/c1-2-23-19(22)20(14-9-15-21,18-12-7-4-8-13-18)24-16-17-10-5-3-6-11-17/h3-8,10-13H,2,9,14,16H2,1H3/t20-/m1/s1. The van der Waals surface area contributed by atoms with Crippen molar-refractivity contribution in [3.63, 3.8) is 0 Å². The molecule has 0 bridgehead atoms. The minimum absolute atomic E-state index is 0.197. The van der Waals surface area contributed by atoms with Crippen LogP contribution in [0.25, 0.3) is 0 Å². The van der Waals surface area contributed by atoms with Crippen molar-refractivity contribution in [2.45, 2.75) is 32.0 Å². The number of carbonyl (C=O) groups is 1. The Morgan fingerprint density at radius 3 is 2.29 bits per heavy atom. The third-order valence-corrected chi connectivity index (χ3v) is 3.76. The van der Waals surface area contributed by atoms with Crippen molar-refractivity contribution in [2.24, 2.45) is 0 Å². The van der Waals surface area contributed by atoms with E-state index in [1.807, 2.05) is 60.7 Å². The van der Waals surface area contributed by atoms with Gasteiger partial charge in [-0.2, -0.15) is 5.26 Å². The van der Waals surface area contributed by atoms with Crippen molar-refractivity contribution in [1.29, 1.82) is 5.26 Å². The Labute approximate surface area is 142 Å². The Hall–Kier alpha value is -2.64. The summed E-state index contributed by atoms with van der Waals surface area (Å²) in [5.41, 5.74) is 0.386. The van der Waals surface area contributed by atoms with Crippen LogP contribution in [-0.4, -0.2) is 12.6 Å². The molecular weight excluding hydrogens is 302 g/mol. The van der Waals surface area contributed by atoms with E-state index >= 15 is 0 Å². The Kier molecular flexibility index (Phi) is 6.53. The summed E-state index contributed by atoms with van der Waals surface area (Å²) in [7, 11) is 0. The molecule has 2 aromatic rings. The van der Waals surface area contributed by atoms with Crippen LogP contribution < -0.4 is 0 Å². The van der Waals surface area contributed by atoms with E-state index in [-0.39, 0.29) is 26.1 Å². The average Bonchev–Trinajstić information content (AvgIpc) is 2.64. The highest BCUT2D eigenvalue weighted by atomic mass is 16.6. The third kappa shape index (κ3) is 4.21. The topological polar surface area (TPSA) is 59.3 Å². The Balaban J connectivity index is 2.36. The largest absolute Gasteiger partial charge is 0.464 e. The van der Waals surface area contributed by atoms with Crippen molar-refractivity contribution in [1.82, 2.24) is 0 Å². The second-order valence-corrected chi connectivity index (χ2v) is 5.35. The molecule has 0 heterocycles. The second-order valence-electron chi connectivity index (χ2n) is 5.35. The maximum absolute atomic E-state index is 12.7. The number of ether oxygens (including phenoxy) is 2. The van der Waals surface area contributed by atoms with E-state index < -0.39 is 11.6 Å². The lowest BCUT2D eigenvalue weighted by Crippen LogP contribution is -2.40. The molecule has 0 N–H and O–H groups in total. The molecule has 124 valence electrons. The molecule has 0 saturated heterocycles. The first-order chi connectivity index (χ1) is 11.7. The predicted molar refractivity (Wildman–Crippen MR) is 90.8 cm³/mol. The first-order valence-corrected chi connectivity index (χ1v) is 8.00. The van der Waals surface area contributed by atoms with Crippen LogP contribution in [0.1, 0.15) is 30.9 Å². The maximum Gasteiger partial charge on any atom is 0.343 e. The molecule has 2 aromatic carbocycles. The highest BCUT2D eigenvalue weighted by Gasteiger charge is 2.42. The maximum atomic E-state index is 12.7. The quantitative estimate of drug-likeness (QED) is 0.690. The summed E-state index contributed by atoms with van der Waals surface area (Å²) < 4.78 is 11.4. The van der Waals surface area contributed by atoms with Gasteiger partial charge in [0.15, 0.2) is 5.60 Å². The summed E-state index contributed by atoms with van der Waals surface area (Å²) in [5, 5.41) is 9.02. The first-order valence-electron chi connectivity index (χ1n) is 8.00. The van der Waals surface area contributed by atoms with E-state index in [0.29, 0.717) is 5.56 Å². The zero-order chi connectivity index (χ0) is 17.3. The van der Waals surface area contributed by atoms with E-state index in [4.69, 9.17) is 14.7 Å². The SMILES string of the molecule is CCOC(=O)[C@](CCC#N)(OCc1ccccc1)c1ccccc1. The minimum atomic E-state index is -1.27. The van der Waals surface area contributed by atoms with Gasteiger partial charge >= 0.3 is 5.97 Å². The van der Waals surface area contributed by atoms with Gasteiger partial charge in [-0.3, -0.25) is 0 Å². The van der Waals surface area contributed by atoms with Crippen molar-refractivity contribution in [2.75, 3.05) is 6.61 Å². The number of hydrogen-bond donors (Lipinski definition) is 0. The molecule has 0 unspecified atom stereocenters. The monoisotopic (exact) mass is 323 g/mol. The number of nitriles is 1. The van der Waals surface area contributed by atoms with Gasteiger partial charge in [0.05, 0.1) is 19.3 Å². The fourth-order valence-corrected chi connectivity index (χ4v) is 2.55. The van der Waals surface area contributed by atoms with Gasteiger partial charge in [-0.1, -0.05) is 60.7 Å². The Morgan fingerprint density at radius 2 is 1.71 bits per heavy atom. The smallest absolute Gasteiger partial charge is 0.343 e. The van der Waals surface area contributed by atoms with Crippen LogP contribution in [0, 0.1) is 11.3 Å². The molecule has 0 radical (unpaired) electrons. The molecule has 4 nitrogen and oxygen atoms in total. The van der Waals surface area contributed by atoms with Crippen molar-refractivity contribution < 1.29 is 14.3 Å². The van der Waals surface area contributed by atoms with Crippen molar-refractivity contribution in [3.8, 4) is 6.07 Å². The molecule has 0 amide bonds. The fraction of sp³-hybridized carbons (Fsp3) is 0.300. The summed E-state index contributed by atoms with van der Waals surface area (Å²) in [6.45, 7) is 2.28. The van der Waals surface area contributed by atoms with E-state index in [2.05, 4.69) is 6.07 Å². The number of rotatable bonds is 8. The van der Waals surface area contributed by atoms with Gasteiger partial charge in [0.1, 0.15) is 0 Å². The zero-order valence-electron chi connectivity index (χ0n) is 13.8. The Morgan fingerprint density at radius 1 is 1.08 bits per heavy atom. The second kappa shape index (κ2) is 8.85. The van der Waals surface area contributed by atoms with Gasteiger partial charge in [0.2, 0.25) is 0 Å². The van der Waals surface area contributed by atoms with Gasteiger partial charge in [0, 0.05) is 12.8 Å². The van der Waals surface area contributed by atoms with Gasteiger partial charge < -0.3 is 9.47 Å². The van der Waals surface area contributed by atoms with E-state index in [1.54, 1.807) is 6.92 Å². The van der Waals surface area contributed by atoms with E-state index in [0.717, 1.165) is 5.56 Å². The van der Waals surface area contributed by atoms with Gasteiger partial charge in [0.25, 0.3) is 0 Å². The number of benzene rings is 2. The summed E-state index contributed by atoms with van der Waals surface area (Å²) in [6.07, 6.45) is 0.446. The molecule has 4 heteroatoms. The van der Waals surface area contributed by atoms with Crippen molar-refractivity contribution >= 4 is 5.97 Å². The van der Waals surface area contributed by atoms with Gasteiger partial charge in [-0.05, 0) is 18.1 Å². The van der Waals surface area contributed by atoms with Crippen LogP contribution in [0.2, 0.25) is 0 Å². The molecule has 0 aliphatic rings. The van der Waals surface area contributed by atoms with Crippen LogP contribution in [0.3, 0.4) is 0 Å². The van der Waals surface area contributed by atoms with Crippen LogP contribution in [-0.2, 0) is 26.5 Å². The van der Waals surface area contributed by atoms with Crippen LogP contribution in [0.4, 0.5) is 0 Å². The van der Waals surface area contributed by atoms with Gasteiger partial charge in [-0.25, -0.2) is 4.79 Å². The highest BCUT2D eigenvalue weighted by Crippen LogP contribution is 2.33. The average molecular weight is 323 g/mol. The molecule has 0 saturated carbocycles. The molecule has 24 heavy (non-hydrogen) atoms. The van der Waals surface area contributed by atoms with Crippen molar-refractivity contribution in [3.05, 3.63) is 71.8 Å². The molecular formula is C20H21NO3. The molecule has 2 rings (SSSR count). The van der Waals surface area contributed by atoms with E-state index in [1.165, 1.54) is 0 Å². The number of hydrogen-bond acceptors (Lipinski definition) is 4. The number of esters is 1. The molecule has 0 spiro atoms. The van der Waals surface area contributed by atoms with Crippen LogP contribution in [0.5, 0.6) is 0 Å². The molecule has 0 aliphatic heterocycles. The number of carbonyl (C=O) groups excluding carboxylic acids is 1. The summed E-state index contributed by atoms with van der Waals surface area (Å²) in [5.74, 6) is -0.456. The third-order valence-electron chi connectivity index (χ3n) is 3.76. The lowest BCUT2D eigenvalue weighted by atomic mass is 9.88. The Bertz CT molecular complexity index is 679.